The molecule has 2 N–H and O–H groups in total. The van der Waals surface area contributed by atoms with E-state index in [1.165, 1.54) is 0 Å². The van der Waals surface area contributed by atoms with E-state index in [-0.39, 0.29) is 17.6 Å². The predicted molar refractivity (Wildman–Crippen MR) is 119 cm³/mol. The Bertz CT molecular complexity index is 1180. The van der Waals surface area contributed by atoms with Gasteiger partial charge in [0.15, 0.2) is 6.17 Å². The van der Waals surface area contributed by atoms with Gasteiger partial charge in [-0.05, 0) is 44.4 Å². The fourth-order valence-corrected chi connectivity index (χ4v) is 5.46. The summed E-state index contributed by atoms with van der Waals surface area (Å²) in [6.07, 6.45) is 5.12. The average molecular weight is 417 g/mol. The molecule has 7 heteroatoms. The Balaban J connectivity index is 1.77. The number of nitrogens with zero attached hydrogens (tertiary/aromatic N) is 4. The summed E-state index contributed by atoms with van der Waals surface area (Å²) < 4.78 is 1.80. The van der Waals surface area contributed by atoms with E-state index in [2.05, 4.69) is 71.0 Å². The smallest absolute Gasteiger partial charge is 0.250 e. The third-order valence-corrected chi connectivity index (χ3v) is 6.71. The Morgan fingerprint density at radius 1 is 1.26 bits per heavy atom. The molecule has 1 aromatic carbocycles. The number of aromatic nitrogens is 2. The van der Waals surface area contributed by atoms with Gasteiger partial charge in [-0.15, -0.1) is 0 Å². The molecule has 0 saturated heterocycles. The number of nitrogens with one attached hydrogen (secondary N) is 2. The molecule has 0 saturated carbocycles. The first-order valence-corrected chi connectivity index (χ1v) is 10.8. The highest BCUT2D eigenvalue weighted by Crippen LogP contribution is 2.52. The molecule has 2 atom stereocenters. The van der Waals surface area contributed by atoms with Gasteiger partial charge in [0.05, 0.1) is 22.9 Å². The lowest BCUT2D eigenvalue weighted by molar-refractivity contribution is -0.120. The summed E-state index contributed by atoms with van der Waals surface area (Å²) in [6.45, 7) is 8.25. The van der Waals surface area contributed by atoms with Crippen molar-refractivity contribution >= 4 is 5.91 Å². The van der Waals surface area contributed by atoms with Crippen molar-refractivity contribution in [2.75, 3.05) is 0 Å². The lowest BCUT2D eigenvalue weighted by atomic mass is 9.61. The first-order valence-electron chi connectivity index (χ1n) is 10.8. The molecule has 2 aromatic rings. The van der Waals surface area contributed by atoms with Crippen LogP contribution < -0.4 is 10.6 Å². The van der Waals surface area contributed by atoms with E-state index >= 15 is 0 Å². The fourth-order valence-electron chi connectivity index (χ4n) is 5.46. The Labute approximate surface area is 182 Å². The number of benzene rings is 1. The molecule has 1 amide bonds. The largest absolute Gasteiger partial charge is 0.362 e. The van der Waals surface area contributed by atoms with Crippen LogP contribution in [0, 0.1) is 0 Å². The van der Waals surface area contributed by atoms with Crippen LogP contribution in [0.2, 0.25) is 0 Å². The quantitative estimate of drug-likeness (QED) is 0.794. The van der Waals surface area contributed by atoms with Gasteiger partial charge in [-0.2, -0.15) is 15.3 Å². The van der Waals surface area contributed by atoms with Gasteiger partial charge >= 0.3 is 0 Å². The zero-order valence-corrected chi connectivity index (χ0v) is 18.7. The number of aryl methyl sites for hydroxylation is 1. The second-order valence-electron chi connectivity index (χ2n) is 9.37. The molecular weight excluding hydrogens is 388 g/mol. The number of rotatable bonds is 3. The van der Waals surface area contributed by atoms with E-state index < -0.39 is 5.41 Å². The van der Waals surface area contributed by atoms with E-state index in [4.69, 9.17) is 0 Å². The summed E-state index contributed by atoms with van der Waals surface area (Å²) in [5, 5.41) is 20.0. The number of azo groups is 1. The Hall–Kier alpha value is -3.22. The van der Waals surface area contributed by atoms with Crippen LogP contribution in [-0.2, 0) is 17.3 Å². The van der Waals surface area contributed by atoms with Gasteiger partial charge in [-0.3, -0.25) is 9.48 Å². The van der Waals surface area contributed by atoms with Crippen molar-refractivity contribution in [3.05, 3.63) is 64.8 Å². The molecule has 0 spiro atoms. The van der Waals surface area contributed by atoms with Gasteiger partial charge in [0, 0.05) is 42.0 Å². The molecule has 5 rings (SSSR count). The average Bonchev–Trinajstić information content (AvgIpc) is 3.31. The molecule has 0 aliphatic carbocycles. The molecule has 0 fully saturated rings. The van der Waals surface area contributed by atoms with Crippen LogP contribution in [0.15, 0.2) is 69.4 Å². The van der Waals surface area contributed by atoms with Crippen LogP contribution in [0.5, 0.6) is 0 Å². The number of carbonyl (C=O) groups excluding carboxylic acids is 1. The number of amides is 1. The van der Waals surface area contributed by atoms with Crippen molar-refractivity contribution in [2.45, 2.75) is 57.7 Å². The van der Waals surface area contributed by atoms with Crippen molar-refractivity contribution in [1.29, 1.82) is 0 Å². The van der Waals surface area contributed by atoms with Crippen molar-refractivity contribution in [3.8, 4) is 11.1 Å². The Morgan fingerprint density at radius 2 is 2.06 bits per heavy atom. The topological polar surface area (TPSA) is 83.7 Å². The van der Waals surface area contributed by atoms with Gasteiger partial charge in [0.25, 0.3) is 5.91 Å². The molecule has 0 radical (unpaired) electrons. The minimum atomic E-state index is -0.586. The maximum atomic E-state index is 13.5. The van der Waals surface area contributed by atoms with E-state index in [9.17, 15) is 4.79 Å². The number of hydrogen-bond donors (Lipinski definition) is 2. The fraction of sp³-hybridized carbons (Fsp3) is 0.417. The van der Waals surface area contributed by atoms with Crippen LogP contribution in [0.1, 0.15) is 46.1 Å². The van der Waals surface area contributed by atoms with Gasteiger partial charge in [0.1, 0.15) is 0 Å². The zero-order chi connectivity index (χ0) is 22.0. The van der Waals surface area contributed by atoms with E-state index in [0.717, 1.165) is 52.1 Å². The maximum Gasteiger partial charge on any atom is 0.250 e. The minimum Gasteiger partial charge on any atom is -0.362 e. The molecule has 3 aliphatic heterocycles. The summed E-state index contributed by atoms with van der Waals surface area (Å²) in [6, 6.07) is 8.48. The first-order chi connectivity index (χ1) is 14.7. The molecule has 1 unspecified atom stereocenters. The third-order valence-electron chi connectivity index (χ3n) is 6.71. The Morgan fingerprint density at radius 3 is 2.77 bits per heavy atom. The van der Waals surface area contributed by atoms with Crippen LogP contribution in [0.25, 0.3) is 11.1 Å². The van der Waals surface area contributed by atoms with Gasteiger partial charge in [-0.25, -0.2) is 0 Å². The zero-order valence-electron chi connectivity index (χ0n) is 18.7. The first kappa shape index (κ1) is 19.7. The summed E-state index contributed by atoms with van der Waals surface area (Å²) in [4.78, 5) is 13.5. The standard InChI is InChI=1S/C24H28N6O/c1-6-24(17-9-7-8-15(10-17)16-12-25-30(5)13-16)19-14(2)28-29-21(19)26-18-11-23(3,4)27-22(31)20(18)24/h7-10,12-13,21,26H,6,11H2,1-5H3,(H,27,31)/t21?,24-/m0/s1. The summed E-state index contributed by atoms with van der Waals surface area (Å²) >= 11 is 0. The molecule has 31 heavy (non-hydrogen) atoms. The summed E-state index contributed by atoms with van der Waals surface area (Å²) in [7, 11) is 1.92. The van der Waals surface area contributed by atoms with Gasteiger partial charge in [0.2, 0.25) is 0 Å². The Kier molecular flexibility index (Phi) is 4.22. The van der Waals surface area contributed by atoms with Crippen molar-refractivity contribution in [2.24, 2.45) is 17.3 Å². The molecular formula is C24H28N6O. The lowest BCUT2D eigenvalue weighted by Crippen LogP contribution is -2.58. The summed E-state index contributed by atoms with van der Waals surface area (Å²) in [5.74, 6) is -0.0157. The lowest BCUT2D eigenvalue weighted by Gasteiger charge is -2.48. The number of fused-ring (bicyclic) bond motifs is 1. The predicted octanol–water partition coefficient (Wildman–Crippen LogP) is 3.96. The molecule has 1 aromatic heterocycles. The second kappa shape index (κ2) is 6.64. The van der Waals surface area contributed by atoms with Crippen molar-refractivity contribution in [3.63, 3.8) is 0 Å². The number of hydrogen-bond acceptors (Lipinski definition) is 5. The highest BCUT2D eigenvalue weighted by Gasteiger charge is 2.54. The maximum absolute atomic E-state index is 13.5. The molecule has 0 bridgehead atoms. The number of allylic oxidation sites excluding steroid dienone is 1. The van der Waals surface area contributed by atoms with Crippen molar-refractivity contribution in [1.82, 2.24) is 20.4 Å². The molecule has 4 heterocycles. The number of carbonyl (C=O) groups is 1. The normalized spacial score (nSPS) is 26.5. The van der Waals surface area contributed by atoms with Gasteiger partial charge < -0.3 is 10.6 Å². The van der Waals surface area contributed by atoms with Crippen LogP contribution in [-0.4, -0.2) is 27.4 Å². The molecule has 3 aliphatic rings. The van der Waals surface area contributed by atoms with E-state index in [0.29, 0.717) is 0 Å². The molecule has 160 valence electrons. The van der Waals surface area contributed by atoms with E-state index in [1.54, 1.807) is 4.68 Å². The highest BCUT2D eigenvalue weighted by atomic mass is 16.2. The van der Waals surface area contributed by atoms with E-state index in [1.807, 2.05) is 26.4 Å². The van der Waals surface area contributed by atoms with Crippen LogP contribution in [0.4, 0.5) is 0 Å². The van der Waals surface area contributed by atoms with Crippen molar-refractivity contribution < 1.29 is 4.79 Å². The van der Waals surface area contributed by atoms with Gasteiger partial charge in [-0.1, -0.05) is 25.1 Å². The summed E-state index contributed by atoms with van der Waals surface area (Å²) in [5.41, 5.74) is 6.06. The third kappa shape index (κ3) is 2.86. The van der Waals surface area contributed by atoms with Crippen LogP contribution >= 0.6 is 0 Å². The SMILES string of the molecule is CC[C@@]1(c2cccc(-c3cnn(C)c3)c2)C2=C(CC(C)(C)NC2=O)NC2N=NC(C)=C21. The van der Waals surface area contributed by atoms with Crippen LogP contribution in [0.3, 0.4) is 0 Å². The highest BCUT2D eigenvalue weighted by molar-refractivity contribution is 6.00. The molecule has 7 nitrogen and oxygen atoms in total. The minimum absolute atomic E-state index is 0.0157. The monoisotopic (exact) mass is 416 g/mol. The second-order valence-corrected chi connectivity index (χ2v) is 9.37.